The highest BCUT2D eigenvalue weighted by atomic mass is 16.3. The summed E-state index contributed by atoms with van der Waals surface area (Å²) in [6, 6.07) is 2.62. The number of hydrogen-bond donors (Lipinski definition) is 1. The average Bonchev–Trinajstić information content (AvgIpc) is 3.13. The van der Waals surface area contributed by atoms with Gasteiger partial charge < -0.3 is 5.11 Å². The van der Waals surface area contributed by atoms with Gasteiger partial charge in [0.1, 0.15) is 0 Å². The van der Waals surface area contributed by atoms with E-state index in [4.69, 9.17) is 0 Å². The van der Waals surface area contributed by atoms with Crippen molar-refractivity contribution in [3.63, 3.8) is 0 Å². The minimum absolute atomic E-state index is 0.308. The molecule has 2 unspecified atom stereocenters. The maximum atomic E-state index is 10.3. The van der Waals surface area contributed by atoms with E-state index in [1.807, 2.05) is 16.9 Å². The topological polar surface area (TPSA) is 41.3 Å². The Balaban J connectivity index is 1.46. The Labute approximate surface area is 128 Å². The van der Waals surface area contributed by atoms with Gasteiger partial charge in [0, 0.05) is 25.0 Å². The molecule has 2 aliphatic rings. The van der Waals surface area contributed by atoms with Crippen LogP contribution in [0.3, 0.4) is 0 Å². The highest BCUT2D eigenvalue weighted by Gasteiger charge is 2.29. The van der Waals surface area contributed by atoms with E-state index in [1.54, 1.807) is 6.20 Å². The van der Waals surface area contributed by atoms with Gasteiger partial charge in [-0.25, -0.2) is 0 Å². The van der Waals surface area contributed by atoms with Crippen molar-refractivity contribution in [2.24, 2.45) is 5.92 Å². The monoisotopic (exact) mass is 291 g/mol. The first kappa shape index (κ1) is 15.0. The Morgan fingerprint density at radius 3 is 2.71 bits per heavy atom. The van der Waals surface area contributed by atoms with Gasteiger partial charge >= 0.3 is 0 Å². The first-order valence-corrected chi connectivity index (χ1v) is 8.71. The van der Waals surface area contributed by atoms with Crippen molar-refractivity contribution < 1.29 is 5.11 Å². The van der Waals surface area contributed by atoms with Crippen LogP contribution in [0.5, 0.6) is 0 Å². The smallest absolute Gasteiger partial charge is 0.0862 e. The van der Waals surface area contributed by atoms with E-state index >= 15 is 0 Å². The molecule has 4 heteroatoms. The fourth-order valence-corrected chi connectivity index (χ4v) is 4.16. The van der Waals surface area contributed by atoms with Crippen LogP contribution in [-0.2, 0) is 6.54 Å². The van der Waals surface area contributed by atoms with Crippen molar-refractivity contribution in [2.75, 3.05) is 13.1 Å². The molecule has 0 spiro atoms. The van der Waals surface area contributed by atoms with E-state index in [1.165, 1.54) is 51.4 Å². The highest BCUT2D eigenvalue weighted by molar-refractivity contribution is 4.85. The van der Waals surface area contributed by atoms with Crippen molar-refractivity contribution in [1.82, 2.24) is 14.7 Å². The van der Waals surface area contributed by atoms with Gasteiger partial charge in [-0.2, -0.15) is 5.10 Å². The maximum Gasteiger partial charge on any atom is 0.0862 e. The number of rotatable bonds is 6. The van der Waals surface area contributed by atoms with Crippen LogP contribution in [0, 0.1) is 5.92 Å². The van der Waals surface area contributed by atoms with Crippen LogP contribution < -0.4 is 0 Å². The molecule has 0 radical (unpaired) electrons. The van der Waals surface area contributed by atoms with E-state index in [2.05, 4.69) is 10.00 Å². The third kappa shape index (κ3) is 4.30. The quantitative estimate of drug-likeness (QED) is 0.876. The second-order valence-corrected chi connectivity index (χ2v) is 6.91. The van der Waals surface area contributed by atoms with Crippen molar-refractivity contribution in [2.45, 2.75) is 70.1 Å². The van der Waals surface area contributed by atoms with Crippen LogP contribution >= 0.6 is 0 Å². The van der Waals surface area contributed by atoms with Crippen molar-refractivity contribution >= 4 is 0 Å². The Hall–Kier alpha value is -0.870. The molecule has 1 saturated carbocycles. The Morgan fingerprint density at radius 1 is 1.10 bits per heavy atom. The summed E-state index contributed by atoms with van der Waals surface area (Å²) in [7, 11) is 0. The van der Waals surface area contributed by atoms with Gasteiger partial charge in [0.05, 0.1) is 12.6 Å². The van der Waals surface area contributed by atoms with Gasteiger partial charge in [-0.1, -0.05) is 32.1 Å². The molecule has 4 nitrogen and oxygen atoms in total. The number of aromatic nitrogens is 2. The number of nitrogens with zero attached hydrogens (tertiary/aromatic N) is 3. The van der Waals surface area contributed by atoms with Gasteiger partial charge in [0.2, 0.25) is 0 Å². The predicted octanol–water partition coefficient (Wildman–Crippen LogP) is 2.68. The molecular weight excluding hydrogens is 262 g/mol. The minimum atomic E-state index is -0.308. The average molecular weight is 291 g/mol. The first-order chi connectivity index (χ1) is 10.3. The number of β-amino-alcohol motifs (C(OH)–C–C–N with tert-alkyl or cyclic N) is 1. The van der Waals surface area contributed by atoms with Crippen molar-refractivity contribution in [3.05, 3.63) is 18.5 Å². The zero-order valence-electron chi connectivity index (χ0n) is 13.0. The molecule has 2 heterocycles. The lowest BCUT2D eigenvalue weighted by Gasteiger charge is -2.31. The molecule has 0 bridgehead atoms. The van der Waals surface area contributed by atoms with Gasteiger partial charge in [-0.3, -0.25) is 9.58 Å². The third-order valence-electron chi connectivity index (χ3n) is 5.23. The van der Waals surface area contributed by atoms with Crippen molar-refractivity contribution in [3.8, 4) is 0 Å². The molecule has 1 N–H and O–H groups in total. The fraction of sp³-hybridized carbons (Fsp3) is 0.824. The molecule has 3 rings (SSSR count). The minimum Gasteiger partial charge on any atom is -0.390 e. The van der Waals surface area contributed by atoms with Crippen LogP contribution in [0.1, 0.15) is 51.4 Å². The zero-order chi connectivity index (χ0) is 14.5. The summed E-state index contributed by atoms with van der Waals surface area (Å²) in [5.41, 5.74) is 0. The summed E-state index contributed by atoms with van der Waals surface area (Å²) >= 11 is 0. The molecule has 1 aromatic rings. The SMILES string of the molecule is OC(CN1CCCC1CC1CCCCC1)Cn1cccn1. The lowest BCUT2D eigenvalue weighted by atomic mass is 9.84. The third-order valence-corrected chi connectivity index (χ3v) is 5.23. The van der Waals surface area contributed by atoms with Crippen LogP contribution in [0.25, 0.3) is 0 Å². The fourth-order valence-electron chi connectivity index (χ4n) is 4.16. The Bertz CT molecular complexity index is 400. The van der Waals surface area contributed by atoms with Crippen LogP contribution in [0.15, 0.2) is 18.5 Å². The standard InChI is InChI=1S/C17H29N3O/c21-17(14-20-11-5-9-18-20)13-19-10-4-8-16(19)12-15-6-2-1-3-7-15/h5,9,11,15-17,21H,1-4,6-8,10,12-14H2. The molecule has 21 heavy (non-hydrogen) atoms. The first-order valence-electron chi connectivity index (χ1n) is 8.71. The number of likely N-dealkylation sites (tertiary alicyclic amines) is 1. The Kier molecular flexibility index (Phi) is 5.31. The molecule has 1 aliphatic heterocycles. The van der Waals surface area contributed by atoms with E-state index in [-0.39, 0.29) is 6.10 Å². The molecule has 0 amide bonds. The lowest BCUT2D eigenvalue weighted by Crippen LogP contribution is -2.39. The van der Waals surface area contributed by atoms with E-state index < -0.39 is 0 Å². The molecule has 118 valence electrons. The van der Waals surface area contributed by atoms with Gasteiger partial charge in [-0.15, -0.1) is 0 Å². The number of hydrogen-bond acceptors (Lipinski definition) is 3. The molecular formula is C17H29N3O. The number of aliphatic hydroxyl groups excluding tert-OH is 1. The summed E-state index contributed by atoms with van der Waals surface area (Å²) in [5.74, 6) is 0.938. The maximum absolute atomic E-state index is 10.3. The van der Waals surface area contributed by atoms with E-state index in [0.29, 0.717) is 12.6 Å². The molecule has 1 saturated heterocycles. The largest absolute Gasteiger partial charge is 0.390 e. The second kappa shape index (κ2) is 7.41. The molecule has 2 atom stereocenters. The molecule has 1 aromatic heterocycles. The second-order valence-electron chi connectivity index (χ2n) is 6.91. The van der Waals surface area contributed by atoms with Crippen LogP contribution in [0.2, 0.25) is 0 Å². The summed E-state index contributed by atoms with van der Waals surface area (Å²) in [6.07, 6.45) is 14.5. The predicted molar refractivity (Wildman–Crippen MR) is 84.0 cm³/mol. The molecule has 1 aliphatic carbocycles. The summed E-state index contributed by atoms with van der Waals surface area (Å²) in [5, 5.41) is 14.5. The number of aliphatic hydroxyl groups is 1. The zero-order valence-corrected chi connectivity index (χ0v) is 13.0. The highest BCUT2D eigenvalue weighted by Crippen LogP contribution is 2.32. The summed E-state index contributed by atoms with van der Waals surface area (Å²) in [6.45, 7) is 2.57. The van der Waals surface area contributed by atoms with Gasteiger partial charge in [-0.05, 0) is 37.8 Å². The summed E-state index contributed by atoms with van der Waals surface area (Å²) < 4.78 is 1.83. The Morgan fingerprint density at radius 2 is 1.95 bits per heavy atom. The lowest BCUT2D eigenvalue weighted by molar-refractivity contribution is 0.0815. The van der Waals surface area contributed by atoms with Gasteiger partial charge in [0.25, 0.3) is 0 Å². The molecule has 2 fully saturated rings. The van der Waals surface area contributed by atoms with Crippen molar-refractivity contribution in [1.29, 1.82) is 0 Å². The summed E-state index contributed by atoms with van der Waals surface area (Å²) in [4.78, 5) is 2.53. The van der Waals surface area contributed by atoms with E-state index in [9.17, 15) is 5.11 Å². The molecule has 0 aromatic carbocycles. The van der Waals surface area contributed by atoms with E-state index in [0.717, 1.165) is 19.0 Å². The van der Waals surface area contributed by atoms with Gasteiger partial charge in [0.15, 0.2) is 0 Å². The van der Waals surface area contributed by atoms with Crippen LogP contribution in [-0.4, -0.2) is 45.0 Å². The van der Waals surface area contributed by atoms with Crippen LogP contribution in [0.4, 0.5) is 0 Å². The normalized spacial score (nSPS) is 26.2.